The number of fused-ring (bicyclic) bond motifs is 1. The van der Waals surface area contributed by atoms with E-state index in [1.165, 1.54) is 18.3 Å². The predicted octanol–water partition coefficient (Wildman–Crippen LogP) is 3.67. The number of nitrogens with zero attached hydrogens (tertiary/aromatic N) is 3. The minimum absolute atomic E-state index is 0.0727. The molecule has 1 aromatic carbocycles. The molecule has 1 aliphatic rings. The van der Waals surface area contributed by atoms with Crippen LogP contribution in [0.1, 0.15) is 41.6 Å². The van der Waals surface area contributed by atoms with Gasteiger partial charge in [0.2, 0.25) is 0 Å². The molecular formula is C23H24F2N8O. The number of hydrogen-bond donors (Lipinski definition) is 5. The summed E-state index contributed by atoms with van der Waals surface area (Å²) in [6, 6.07) is 2.66. The van der Waals surface area contributed by atoms with Gasteiger partial charge in [-0.1, -0.05) is 0 Å². The second-order valence-corrected chi connectivity index (χ2v) is 8.60. The molecule has 4 aromatic rings. The largest absolute Gasteiger partial charge is 0.382 e. The number of carbonyl (C=O) groups excluding carboxylic acids is 1. The molecule has 1 saturated carbocycles. The molecular weight excluding hydrogens is 442 g/mol. The van der Waals surface area contributed by atoms with Crippen LogP contribution >= 0.6 is 0 Å². The Balaban J connectivity index is 1.33. The number of carbonyl (C=O) groups is 1. The summed E-state index contributed by atoms with van der Waals surface area (Å²) in [6.45, 7) is 1.81. The lowest BCUT2D eigenvalue weighted by molar-refractivity contribution is 0.0927. The highest BCUT2D eigenvalue weighted by Gasteiger charge is 2.26. The van der Waals surface area contributed by atoms with Gasteiger partial charge in [-0.3, -0.25) is 9.89 Å². The third kappa shape index (κ3) is 4.16. The molecule has 5 rings (SSSR count). The molecule has 3 heterocycles. The number of hydrogen-bond acceptors (Lipinski definition) is 6. The molecule has 34 heavy (non-hydrogen) atoms. The fraction of sp³-hybridized carbons (Fsp3) is 0.304. The van der Waals surface area contributed by atoms with Gasteiger partial charge in [0.1, 0.15) is 11.4 Å². The lowest BCUT2D eigenvalue weighted by Crippen LogP contribution is -2.42. The predicted molar refractivity (Wildman–Crippen MR) is 124 cm³/mol. The van der Waals surface area contributed by atoms with Crippen LogP contribution in [0, 0.1) is 18.6 Å². The molecule has 11 heteroatoms. The summed E-state index contributed by atoms with van der Waals surface area (Å²) in [5, 5.41) is 13.1. The first-order valence-electron chi connectivity index (χ1n) is 11.1. The van der Waals surface area contributed by atoms with Crippen LogP contribution in [0.5, 0.6) is 0 Å². The number of nitrogens with one attached hydrogen (secondary N) is 4. The van der Waals surface area contributed by atoms with E-state index in [1.54, 1.807) is 6.20 Å². The van der Waals surface area contributed by atoms with E-state index in [9.17, 15) is 13.6 Å². The summed E-state index contributed by atoms with van der Waals surface area (Å²) in [6.07, 6.45) is 7.32. The van der Waals surface area contributed by atoms with E-state index in [-0.39, 0.29) is 41.3 Å². The van der Waals surface area contributed by atoms with Crippen molar-refractivity contribution in [3.63, 3.8) is 0 Å². The summed E-state index contributed by atoms with van der Waals surface area (Å²) in [4.78, 5) is 24.1. The first-order valence-corrected chi connectivity index (χ1v) is 11.1. The highest BCUT2D eigenvalue weighted by atomic mass is 19.1. The van der Waals surface area contributed by atoms with Crippen LogP contribution < -0.4 is 16.4 Å². The summed E-state index contributed by atoms with van der Waals surface area (Å²) in [7, 11) is 0. The Kier molecular flexibility index (Phi) is 5.60. The number of anilines is 2. The minimum atomic E-state index is -0.580. The summed E-state index contributed by atoms with van der Waals surface area (Å²) in [5.74, 6) is -0.734. The molecule has 0 bridgehead atoms. The van der Waals surface area contributed by atoms with Crippen molar-refractivity contribution in [3.05, 3.63) is 53.5 Å². The average Bonchev–Trinajstić information content (AvgIpc) is 3.42. The molecule has 1 amide bonds. The van der Waals surface area contributed by atoms with Crippen LogP contribution in [0.25, 0.3) is 22.3 Å². The van der Waals surface area contributed by atoms with E-state index >= 15 is 0 Å². The Hall–Kier alpha value is -4.02. The Morgan fingerprint density at radius 3 is 2.82 bits per heavy atom. The lowest BCUT2D eigenvalue weighted by atomic mass is 9.90. The van der Waals surface area contributed by atoms with Crippen LogP contribution in [0.4, 0.5) is 20.4 Å². The third-order valence-electron chi connectivity index (χ3n) is 6.20. The normalized spacial score (nSPS) is 18.2. The van der Waals surface area contributed by atoms with Crippen molar-refractivity contribution >= 4 is 28.4 Å². The van der Waals surface area contributed by atoms with Crippen molar-refractivity contribution in [1.82, 2.24) is 30.5 Å². The van der Waals surface area contributed by atoms with Crippen molar-refractivity contribution in [3.8, 4) is 11.4 Å². The topological polar surface area (TPSA) is 137 Å². The van der Waals surface area contributed by atoms with E-state index in [1.807, 2.05) is 6.92 Å². The number of nitrogens with two attached hydrogens (primary N) is 1. The monoisotopic (exact) mass is 466 g/mol. The maximum Gasteiger partial charge on any atom is 0.256 e. The highest BCUT2D eigenvalue weighted by molar-refractivity contribution is 5.98. The van der Waals surface area contributed by atoms with Crippen molar-refractivity contribution in [2.45, 2.75) is 44.7 Å². The Morgan fingerprint density at radius 1 is 1.21 bits per heavy atom. The summed E-state index contributed by atoms with van der Waals surface area (Å²) in [5.41, 5.74) is 8.13. The zero-order valence-corrected chi connectivity index (χ0v) is 18.5. The Bertz CT molecular complexity index is 1360. The SMILES string of the molecule is Cc1cc(F)cc2c(-c3ncc(F)c(N[C@H]4CCC[C@@H](NC(=O)c5c[nH]nc5N)C4)n3)c[nH]c12. The molecule has 0 unspecified atom stereocenters. The van der Waals surface area contributed by atoms with Gasteiger partial charge in [0.05, 0.1) is 6.20 Å². The number of H-pyrrole nitrogens is 2. The number of halogens is 2. The average molecular weight is 466 g/mol. The number of amides is 1. The molecule has 2 atom stereocenters. The third-order valence-corrected chi connectivity index (χ3v) is 6.20. The van der Waals surface area contributed by atoms with Crippen LogP contribution in [0.2, 0.25) is 0 Å². The molecule has 1 aliphatic carbocycles. The van der Waals surface area contributed by atoms with Gasteiger partial charge >= 0.3 is 0 Å². The zero-order valence-electron chi connectivity index (χ0n) is 18.5. The number of benzene rings is 1. The van der Waals surface area contributed by atoms with E-state index in [0.717, 1.165) is 36.5 Å². The van der Waals surface area contributed by atoms with Crippen molar-refractivity contribution in [2.75, 3.05) is 11.1 Å². The van der Waals surface area contributed by atoms with Gasteiger partial charge in [0.15, 0.2) is 23.3 Å². The molecule has 0 saturated heterocycles. The smallest absolute Gasteiger partial charge is 0.256 e. The number of nitrogen functional groups attached to an aromatic ring is 1. The van der Waals surface area contributed by atoms with Crippen LogP contribution in [-0.4, -0.2) is 43.1 Å². The van der Waals surface area contributed by atoms with Gasteiger partial charge in [0.25, 0.3) is 5.91 Å². The van der Waals surface area contributed by atoms with Crippen molar-refractivity contribution < 1.29 is 13.6 Å². The maximum absolute atomic E-state index is 14.6. The number of rotatable bonds is 5. The lowest BCUT2D eigenvalue weighted by Gasteiger charge is -2.30. The molecule has 9 nitrogen and oxygen atoms in total. The van der Waals surface area contributed by atoms with E-state index in [4.69, 9.17) is 5.73 Å². The van der Waals surface area contributed by atoms with Gasteiger partial charge in [-0.2, -0.15) is 5.10 Å². The van der Waals surface area contributed by atoms with Gasteiger partial charge in [0, 0.05) is 40.9 Å². The first kappa shape index (κ1) is 21.8. The molecule has 6 N–H and O–H groups in total. The van der Waals surface area contributed by atoms with E-state index in [2.05, 4.69) is 35.8 Å². The van der Waals surface area contributed by atoms with E-state index < -0.39 is 5.82 Å². The molecule has 1 fully saturated rings. The second-order valence-electron chi connectivity index (χ2n) is 8.60. The maximum atomic E-state index is 14.6. The van der Waals surface area contributed by atoms with Crippen molar-refractivity contribution in [2.24, 2.45) is 0 Å². The second kappa shape index (κ2) is 8.73. The van der Waals surface area contributed by atoms with Crippen LogP contribution in [0.3, 0.4) is 0 Å². The standard InChI is InChI=1S/C23H24F2N8O/c1-11-5-12(24)6-15-16(8-27-19(11)15)21-28-10-18(25)22(32-21)30-13-3-2-4-14(7-13)31-23(34)17-9-29-33-20(17)26/h5-6,8-10,13-14,27H,2-4,7H2,1H3,(H,31,34)(H3,26,29,33)(H,28,30,32)/t13-,14+/m0/s1. The molecule has 3 aromatic heterocycles. The molecule has 0 radical (unpaired) electrons. The van der Waals surface area contributed by atoms with Gasteiger partial charge < -0.3 is 21.4 Å². The number of aryl methyl sites for hydroxylation is 1. The van der Waals surface area contributed by atoms with Crippen LogP contribution in [0.15, 0.2) is 30.7 Å². The van der Waals surface area contributed by atoms with Crippen LogP contribution in [-0.2, 0) is 0 Å². The fourth-order valence-electron chi connectivity index (χ4n) is 4.54. The van der Waals surface area contributed by atoms with Gasteiger partial charge in [-0.05, 0) is 50.3 Å². The minimum Gasteiger partial charge on any atom is -0.382 e. The van der Waals surface area contributed by atoms with E-state index in [0.29, 0.717) is 22.9 Å². The molecule has 176 valence electrons. The summed E-state index contributed by atoms with van der Waals surface area (Å²) < 4.78 is 28.6. The number of aromatic amines is 2. The highest BCUT2D eigenvalue weighted by Crippen LogP contribution is 2.30. The Labute approximate surface area is 193 Å². The van der Waals surface area contributed by atoms with Gasteiger partial charge in [-0.25, -0.2) is 18.7 Å². The van der Waals surface area contributed by atoms with Gasteiger partial charge in [-0.15, -0.1) is 0 Å². The van der Waals surface area contributed by atoms with Crippen molar-refractivity contribution in [1.29, 1.82) is 0 Å². The molecule has 0 aliphatic heterocycles. The number of aromatic nitrogens is 5. The molecule has 0 spiro atoms. The fourth-order valence-corrected chi connectivity index (χ4v) is 4.54. The summed E-state index contributed by atoms with van der Waals surface area (Å²) >= 11 is 0. The first-order chi connectivity index (χ1) is 16.4. The Morgan fingerprint density at radius 2 is 2.03 bits per heavy atom. The quantitative estimate of drug-likeness (QED) is 0.304. The zero-order chi connectivity index (χ0) is 23.8.